The zero-order chi connectivity index (χ0) is 10.8. The molecule has 2 aromatic rings. The van der Waals surface area contributed by atoms with Gasteiger partial charge in [-0.2, -0.15) is 0 Å². The highest BCUT2D eigenvalue weighted by Crippen LogP contribution is 2.19. The van der Waals surface area contributed by atoms with Crippen molar-refractivity contribution < 1.29 is 4.42 Å². The number of aryl methyl sites for hydroxylation is 1. The third-order valence-corrected chi connectivity index (χ3v) is 2.09. The third kappa shape index (κ3) is 1.98. The van der Waals surface area contributed by atoms with Gasteiger partial charge in [-0.1, -0.05) is 0 Å². The monoisotopic (exact) mass is 203 g/mol. The molecule has 0 bridgehead atoms. The Morgan fingerprint density at radius 2 is 1.93 bits per heavy atom. The number of furan rings is 1. The molecule has 0 unspecified atom stereocenters. The molecule has 0 atom stereocenters. The quantitative estimate of drug-likeness (QED) is 0.749. The van der Waals surface area contributed by atoms with E-state index in [0.717, 1.165) is 23.0 Å². The normalized spacial score (nSPS) is 10.3. The largest absolute Gasteiger partial charge is 0.460 e. The molecule has 0 saturated heterocycles. The lowest BCUT2D eigenvalue weighted by atomic mass is 10.3. The Bertz CT molecular complexity index is 445. The molecule has 0 N–H and O–H groups in total. The van der Waals surface area contributed by atoms with Crippen molar-refractivity contribution >= 4 is 5.82 Å². The van der Waals surface area contributed by atoms with Crippen LogP contribution in [-0.2, 0) is 0 Å². The number of anilines is 1. The Labute approximate surface area is 88.6 Å². The first-order valence-corrected chi connectivity index (χ1v) is 4.73. The predicted octanol–water partition coefficient (Wildman–Crippen LogP) is 2.11. The molecule has 2 aromatic heterocycles. The summed E-state index contributed by atoms with van der Waals surface area (Å²) >= 11 is 0. The van der Waals surface area contributed by atoms with Crippen LogP contribution >= 0.6 is 0 Å². The molecule has 4 heteroatoms. The first-order valence-electron chi connectivity index (χ1n) is 4.73. The lowest BCUT2D eigenvalue weighted by Crippen LogP contribution is -2.10. The average molecular weight is 203 g/mol. The molecule has 78 valence electrons. The van der Waals surface area contributed by atoms with Crippen molar-refractivity contribution in [2.75, 3.05) is 19.0 Å². The fraction of sp³-hybridized carbons (Fsp3) is 0.273. The number of hydrogen-bond acceptors (Lipinski definition) is 4. The lowest BCUT2D eigenvalue weighted by molar-refractivity contribution is 0.546. The zero-order valence-corrected chi connectivity index (χ0v) is 9.06. The summed E-state index contributed by atoms with van der Waals surface area (Å²) in [5, 5.41) is 0. The molecule has 0 fully saturated rings. The molecule has 2 rings (SSSR count). The summed E-state index contributed by atoms with van der Waals surface area (Å²) < 4.78 is 5.45. The van der Waals surface area contributed by atoms with Crippen molar-refractivity contribution in [2.45, 2.75) is 6.92 Å². The first kappa shape index (κ1) is 9.71. The second-order valence-electron chi connectivity index (χ2n) is 3.56. The van der Waals surface area contributed by atoms with E-state index in [9.17, 15) is 0 Å². The maximum atomic E-state index is 5.45. The minimum absolute atomic E-state index is 0.755. The van der Waals surface area contributed by atoms with Gasteiger partial charge in [0.15, 0.2) is 5.76 Å². The van der Waals surface area contributed by atoms with Gasteiger partial charge in [-0.25, -0.2) is 9.97 Å². The summed E-state index contributed by atoms with van der Waals surface area (Å²) in [6.45, 7) is 1.91. The van der Waals surface area contributed by atoms with E-state index in [2.05, 4.69) is 9.97 Å². The van der Waals surface area contributed by atoms with Gasteiger partial charge >= 0.3 is 0 Å². The SMILES string of the molecule is Cc1ccc(-c2cnc(N(C)C)cn2)o1. The Balaban J connectivity index is 2.31. The topological polar surface area (TPSA) is 42.2 Å². The van der Waals surface area contributed by atoms with Crippen LogP contribution in [0.1, 0.15) is 5.76 Å². The van der Waals surface area contributed by atoms with E-state index in [1.54, 1.807) is 12.4 Å². The van der Waals surface area contributed by atoms with E-state index >= 15 is 0 Å². The Morgan fingerprint density at radius 1 is 1.13 bits per heavy atom. The van der Waals surface area contributed by atoms with Crippen LogP contribution in [-0.4, -0.2) is 24.1 Å². The second-order valence-corrected chi connectivity index (χ2v) is 3.56. The minimum atomic E-state index is 0.755. The standard InChI is InChI=1S/C11H13N3O/c1-8-4-5-10(15-8)9-6-13-11(7-12-9)14(2)3/h4-7H,1-3H3. The maximum Gasteiger partial charge on any atom is 0.154 e. The molecular weight excluding hydrogens is 190 g/mol. The third-order valence-electron chi connectivity index (χ3n) is 2.09. The van der Waals surface area contributed by atoms with Gasteiger partial charge in [0.1, 0.15) is 17.3 Å². The van der Waals surface area contributed by atoms with Gasteiger partial charge in [0.25, 0.3) is 0 Å². The summed E-state index contributed by atoms with van der Waals surface area (Å²) in [5.41, 5.74) is 0.758. The summed E-state index contributed by atoms with van der Waals surface area (Å²) in [4.78, 5) is 10.5. The minimum Gasteiger partial charge on any atom is -0.460 e. The molecule has 0 saturated carbocycles. The van der Waals surface area contributed by atoms with Gasteiger partial charge in [0.05, 0.1) is 12.4 Å². The van der Waals surface area contributed by atoms with Gasteiger partial charge in [-0.15, -0.1) is 0 Å². The van der Waals surface area contributed by atoms with Crippen molar-refractivity contribution in [1.82, 2.24) is 9.97 Å². The fourth-order valence-corrected chi connectivity index (χ4v) is 1.25. The summed E-state index contributed by atoms with van der Waals surface area (Å²) in [5.74, 6) is 2.47. The number of aromatic nitrogens is 2. The lowest BCUT2D eigenvalue weighted by Gasteiger charge is -2.09. The molecule has 4 nitrogen and oxygen atoms in total. The molecule has 0 aliphatic rings. The Morgan fingerprint density at radius 3 is 2.40 bits per heavy atom. The maximum absolute atomic E-state index is 5.45. The van der Waals surface area contributed by atoms with Crippen LogP contribution in [0.4, 0.5) is 5.82 Å². The van der Waals surface area contributed by atoms with Crippen molar-refractivity contribution in [3.05, 3.63) is 30.3 Å². The average Bonchev–Trinajstić information content (AvgIpc) is 2.65. The van der Waals surface area contributed by atoms with Crippen LogP contribution in [0, 0.1) is 6.92 Å². The molecule has 0 aromatic carbocycles. The van der Waals surface area contributed by atoms with Crippen LogP contribution in [0.3, 0.4) is 0 Å². The van der Waals surface area contributed by atoms with E-state index in [1.165, 1.54) is 0 Å². The highest BCUT2D eigenvalue weighted by Gasteiger charge is 2.05. The summed E-state index contributed by atoms with van der Waals surface area (Å²) in [6, 6.07) is 3.81. The summed E-state index contributed by atoms with van der Waals surface area (Å²) in [7, 11) is 3.86. The van der Waals surface area contributed by atoms with Crippen molar-refractivity contribution in [3.8, 4) is 11.5 Å². The van der Waals surface area contributed by atoms with E-state index in [-0.39, 0.29) is 0 Å². The van der Waals surface area contributed by atoms with Crippen LogP contribution in [0.15, 0.2) is 28.9 Å². The van der Waals surface area contributed by atoms with E-state index in [4.69, 9.17) is 4.42 Å². The molecule has 0 spiro atoms. The summed E-state index contributed by atoms with van der Waals surface area (Å²) in [6.07, 6.45) is 3.45. The van der Waals surface area contributed by atoms with Crippen molar-refractivity contribution in [2.24, 2.45) is 0 Å². The molecule has 15 heavy (non-hydrogen) atoms. The Hall–Kier alpha value is -1.84. The van der Waals surface area contributed by atoms with Crippen molar-refractivity contribution in [1.29, 1.82) is 0 Å². The van der Waals surface area contributed by atoms with Gasteiger partial charge in [-0.05, 0) is 19.1 Å². The fourth-order valence-electron chi connectivity index (χ4n) is 1.25. The van der Waals surface area contributed by atoms with Gasteiger partial charge < -0.3 is 9.32 Å². The van der Waals surface area contributed by atoms with Crippen LogP contribution < -0.4 is 4.90 Å². The highest BCUT2D eigenvalue weighted by atomic mass is 16.3. The van der Waals surface area contributed by atoms with Gasteiger partial charge in [0.2, 0.25) is 0 Å². The zero-order valence-electron chi connectivity index (χ0n) is 9.06. The second kappa shape index (κ2) is 3.73. The molecular formula is C11H13N3O. The predicted molar refractivity (Wildman–Crippen MR) is 58.8 cm³/mol. The van der Waals surface area contributed by atoms with Crippen LogP contribution in [0.5, 0.6) is 0 Å². The van der Waals surface area contributed by atoms with Crippen LogP contribution in [0.25, 0.3) is 11.5 Å². The Kier molecular flexibility index (Phi) is 2.41. The van der Waals surface area contributed by atoms with E-state index < -0.39 is 0 Å². The van der Waals surface area contributed by atoms with Gasteiger partial charge in [0, 0.05) is 14.1 Å². The first-order chi connectivity index (χ1) is 7.16. The number of nitrogens with zero attached hydrogens (tertiary/aromatic N) is 3. The molecule has 0 radical (unpaired) electrons. The number of hydrogen-bond donors (Lipinski definition) is 0. The smallest absolute Gasteiger partial charge is 0.154 e. The van der Waals surface area contributed by atoms with E-state index in [0.29, 0.717) is 0 Å². The van der Waals surface area contributed by atoms with Crippen LogP contribution in [0.2, 0.25) is 0 Å². The highest BCUT2D eigenvalue weighted by molar-refractivity contribution is 5.52. The molecule has 2 heterocycles. The van der Waals surface area contributed by atoms with Crippen molar-refractivity contribution in [3.63, 3.8) is 0 Å². The van der Waals surface area contributed by atoms with E-state index in [1.807, 2.05) is 38.1 Å². The molecule has 0 aliphatic carbocycles. The number of rotatable bonds is 2. The molecule has 0 amide bonds. The molecule has 0 aliphatic heterocycles. The van der Waals surface area contributed by atoms with Gasteiger partial charge in [-0.3, -0.25) is 0 Å².